The molecule has 0 radical (unpaired) electrons. The smallest absolute Gasteiger partial charge is 0.410 e. The van der Waals surface area contributed by atoms with Gasteiger partial charge < -0.3 is 14.2 Å². The first-order valence-corrected chi connectivity index (χ1v) is 8.29. The second-order valence-corrected chi connectivity index (χ2v) is 7.09. The maximum atomic E-state index is 12.3. The molecule has 128 valence electrons. The third-order valence-electron chi connectivity index (χ3n) is 3.90. The molecule has 0 N–H and O–H groups in total. The number of hydrogen-bond donors (Lipinski definition) is 0. The summed E-state index contributed by atoms with van der Waals surface area (Å²) in [4.78, 5) is 18.5. The minimum Gasteiger partial charge on any atom is -0.444 e. The zero-order valence-corrected chi connectivity index (χ0v) is 14.4. The molecule has 1 amide bonds. The third kappa shape index (κ3) is 3.93. The Labute approximate surface area is 141 Å². The van der Waals surface area contributed by atoms with Crippen molar-refractivity contribution in [3.05, 3.63) is 36.2 Å². The van der Waals surface area contributed by atoms with E-state index in [2.05, 4.69) is 10.1 Å². The van der Waals surface area contributed by atoms with E-state index in [4.69, 9.17) is 9.26 Å². The zero-order chi connectivity index (χ0) is 17.2. The SMILES string of the molecule is CC(C)(C)OC(=O)N1CCCC(c2nc(-c3ccccc3)no2)C1. The summed E-state index contributed by atoms with van der Waals surface area (Å²) in [5.74, 6) is 1.22. The lowest BCUT2D eigenvalue weighted by atomic mass is 9.98. The summed E-state index contributed by atoms with van der Waals surface area (Å²) in [5, 5.41) is 4.07. The van der Waals surface area contributed by atoms with Gasteiger partial charge in [0, 0.05) is 18.7 Å². The summed E-state index contributed by atoms with van der Waals surface area (Å²) in [7, 11) is 0. The van der Waals surface area contributed by atoms with E-state index >= 15 is 0 Å². The standard InChI is InChI=1S/C18H23N3O3/c1-18(2,3)23-17(22)21-11-7-10-14(12-21)16-19-15(20-24-16)13-8-5-4-6-9-13/h4-6,8-9,14H,7,10-12H2,1-3H3. The van der Waals surface area contributed by atoms with Crippen molar-refractivity contribution in [3.8, 4) is 11.4 Å². The van der Waals surface area contributed by atoms with Gasteiger partial charge in [0.1, 0.15) is 5.60 Å². The molecule has 2 heterocycles. The summed E-state index contributed by atoms with van der Waals surface area (Å²) < 4.78 is 10.9. The number of hydrogen-bond acceptors (Lipinski definition) is 5. The van der Waals surface area contributed by atoms with Gasteiger partial charge in [0.25, 0.3) is 0 Å². The number of rotatable bonds is 2. The first-order chi connectivity index (χ1) is 11.4. The van der Waals surface area contributed by atoms with Gasteiger partial charge >= 0.3 is 6.09 Å². The van der Waals surface area contributed by atoms with Gasteiger partial charge in [-0.25, -0.2) is 4.79 Å². The summed E-state index contributed by atoms with van der Waals surface area (Å²) in [6.07, 6.45) is 1.54. The molecule has 1 aromatic heterocycles. The van der Waals surface area contributed by atoms with E-state index in [0.717, 1.165) is 18.4 Å². The van der Waals surface area contributed by atoms with Crippen molar-refractivity contribution in [1.82, 2.24) is 15.0 Å². The van der Waals surface area contributed by atoms with Gasteiger partial charge in [-0.1, -0.05) is 35.5 Å². The molecule has 1 aliphatic heterocycles. The lowest BCUT2D eigenvalue weighted by molar-refractivity contribution is 0.0189. The molecule has 2 aromatic rings. The molecule has 1 unspecified atom stereocenters. The van der Waals surface area contributed by atoms with Crippen molar-refractivity contribution in [3.63, 3.8) is 0 Å². The third-order valence-corrected chi connectivity index (χ3v) is 3.90. The number of nitrogens with zero attached hydrogens (tertiary/aromatic N) is 3. The topological polar surface area (TPSA) is 68.5 Å². The molecule has 24 heavy (non-hydrogen) atoms. The lowest BCUT2D eigenvalue weighted by Gasteiger charge is -2.32. The van der Waals surface area contributed by atoms with Crippen molar-refractivity contribution in [2.24, 2.45) is 0 Å². The van der Waals surface area contributed by atoms with Crippen LogP contribution in [-0.4, -0.2) is 39.8 Å². The molecule has 0 aliphatic carbocycles. The molecule has 1 saturated heterocycles. The van der Waals surface area contributed by atoms with Crippen LogP contribution in [-0.2, 0) is 4.74 Å². The Bertz CT molecular complexity index is 691. The highest BCUT2D eigenvalue weighted by Crippen LogP contribution is 2.28. The van der Waals surface area contributed by atoms with E-state index in [9.17, 15) is 4.79 Å². The van der Waals surface area contributed by atoms with Crippen molar-refractivity contribution < 1.29 is 14.1 Å². The Kier molecular flexibility index (Phi) is 4.55. The Morgan fingerprint density at radius 1 is 1.29 bits per heavy atom. The van der Waals surface area contributed by atoms with Crippen LogP contribution in [0.3, 0.4) is 0 Å². The normalized spacial score (nSPS) is 18.5. The maximum Gasteiger partial charge on any atom is 0.410 e. The van der Waals surface area contributed by atoms with Crippen molar-refractivity contribution >= 4 is 6.09 Å². The average molecular weight is 329 g/mol. The van der Waals surface area contributed by atoms with Crippen LogP contribution in [0, 0.1) is 0 Å². The molecular formula is C18H23N3O3. The highest BCUT2D eigenvalue weighted by Gasteiger charge is 2.31. The minimum absolute atomic E-state index is 0.0521. The Balaban J connectivity index is 1.69. The number of ether oxygens (including phenoxy) is 1. The van der Waals surface area contributed by atoms with E-state index in [1.807, 2.05) is 51.1 Å². The van der Waals surface area contributed by atoms with Gasteiger partial charge in [-0.3, -0.25) is 0 Å². The Morgan fingerprint density at radius 2 is 2.04 bits per heavy atom. The molecule has 3 rings (SSSR count). The second kappa shape index (κ2) is 6.63. The highest BCUT2D eigenvalue weighted by molar-refractivity contribution is 5.68. The summed E-state index contributed by atoms with van der Waals surface area (Å²) in [6.45, 7) is 6.86. The van der Waals surface area contributed by atoms with Crippen LogP contribution >= 0.6 is 0 Å². The quantitative estimate of drug-likeness (QED) is 0.837. The van der Waals surface area contributed by atoms with E-state index < -0.39 is 5.60 Å². The molecule has 0 spiro atoms. The van der Waals surface area contributed by atoms with E-state index in [1.54, 1.807) is 4.90 Å². The van der Waals surface area contributed by atoms with E-state index in [1.165, 1.54) is 0 Å². The van der Waals surface area contributed by atoms with Crippen LogP contribution in [0.4, 0.5) is 4.79 Å². The largest absolute Gasteiger partial charge is 0.444 e. The summed E-state index contributed by atoms with van der Waals surface area (Å²) in [5.41, 5.74) is 0.432. The molecule has 0 saturated carbocycles. The fraction of sp³-hybridized carbons (Fsp3) is 0.500. The predicted octanol–water partition coefficient (Wildman–Crippen LogP) is 3.85. The number of likely N-dealkylation sites (tertiary alicyclic amines) is 1. The molecule has 1 aliphatic rings. The molecular weight excluding hydrogens is 306 g/mol. The Morgan fingerprint density at radius 3 is 2.75 bits per heavy atom. The maximum absolute atomic E-state index is 12.3. The van der Waals surface area contributed by atoms with Gasteiger partial charge in [0.15, 0.2) is 0 Å². The van der Waals surface area contributed by atoms with Gasteiger partial charge in [-0.15, -0.1) is 0 Å². The molecule has 1 fully saturated rings. The van der Waals surface area contributed by atoms with Crippen molar-refractivity contribution in [1.29, 1.82) is 0 Å². The average Bonchev–Trinajstić information content (AvgIpc) is 3.04. The monoisotopic (exact) mass is 329 g/mol. The fourth-order valence-electron chi connectivity index (χ4n) is 2.78. The molecule has 1 aromatic carbocycles. The van der Waals surface area contributed by atoms with Crippen molar-refractivity contribution in [2.75, 3.05) is 13.1 Å². The number of amides is 1. The molecule has 1 atom stereocenters. The van der Waals surface area contributed by atoms with Gasteiger partial charge in [-0.2, -0.15) is 4.98 Å². The number of benzene rings is 1. The molecule has 6 heteroatoms. The van der Waals surface area contributed by atoms with Crippen LogP contribution < -0.4 is 0 Å². The van der Waals surface area contributed by atoms with Gasteiger partial charge in [0.05, 0.1) is 5.92 Å². The Hall–Kier alpha value is -2.37. The van der Waals surface area contributed by atoms with Crippen LogP contribution in [0.1, 0.15) is 45.4 Å². The second-order valence-electron chi connectivity index (χ2n) is 7.09. The van der Waals surface area contributed by atoms with Gasteiger partial charge in [0.2, 0.25) is 11.7 Å². The van der Waals surface area contributed by atoms with Crippen LogP contribution in [0.5, 0.6) is 0 Å². The van der Waals surface area contributed by atoms with Crippen LogP contribution in [0.15, 0.2) is 34.9 Å². The first-order valence-electron chi connectivity index (χ1n) is 8.29. The highest BCUT2D eigenvalue weighted by atomic mass is 16.6. The van der Waals surface area contributed by atoms with E-state index in [0.29, 0.717) is 24.8 Å². The number of piperidine rings is 1. The number of aromatic nitrogens is 2. The van der Waals surface area contributed by atoms with Crippen molar-refractivity contribution in [2.45, 2.75) is 45.1 Å². The zero-order valence-electron chi connectivity index (χ0n) is 14.4. The van der Waals surface area contributed by atoms with Crippen LogP contribution in [0.25, 0.3) is 11.4 Å². The number of carbonyl (C=O) groups is 1. The minimum atomic E-state index is -0.491. The predicted molar refractivity (Wildman–Crippen MR) is 89.5 cm³/mol. The number of carbonyl (C=O) groups excluding carboxylic acids is 1. The molecule has 6 nitrogen and oxygen atoms in total. The van der Waals surface area contributed by atoms with E-state index in [-0.39, 0.29) is 12.0 Å². The summed E-state index contributed by atoms with van der Waals surface area (Å²) in [6, 6.07) is 9.72. The lowest BCUT2D eigenvalue weighted by Crippen LogP contribution is -2.42. The van der Waals surface area contributed by atoms with Gasteiger partial charge in [-0.05, 0) is 33.6 Å². The van der Waals surface area contributed by atoms with Crippen LogP contribution in [0.2, 0.25) is 0 Å². The molecule has 0 bridgehead atoms. The fourth-order valence-corrected chi connectivity index (χ4v) is 2.78. The first kappa shape index (κ1) is 16.5. The summed E-state index contributed by atoms with van der Waals surface area (Å²) >= 11 is 0.